The standard InChI is InChI=1S/C14H19NO3/c1-3-9-15-14(17)10-18-13-8-6-5-7-11(13)12(16)4-2/h5-8H,3-4,9-10H2,1-2H3,(H,15,17). The van der Waals surface area contributed by atoms with Crippen LogP contribution in [0.25, 0.3) is 0 Å². The number of ether oxygens (including phenoxy) is 1. The van der Waals surface area contributed by atoms with E-state index in [4.69, 9.17) is 4.74 Å². The largest absolute Gasteiger partial charge is 0.483 e. The van der Waals surface area contributed by atoms with Crippen LogP contribution >= 0.6 is 0 Å². The number of amides is 1. The number of Topliss-reactive ketones (excluding diaryl/α,β-unsaturated/α-hetero) is 1. The molecule has 0 saturated carbocycles. The topological polar surface area (TPSA) is 55.4 Å². The first-order chi connectivity index (χ1) is 8.69. The van der Waals surface area contributed by atoms with Gasteiger partial charge >= 0.3 is 0 Å². The second-order valence-corrected chi connectivity index (χ2v) is 3.91. The Labute approximate surface area is 107 Å². The van der Waals surface area contributed by atoms with E-state index in [0.717, 1.165) is 6.42 Å². The third-order valence-corrected chi connectivity index (χ3v) is 2.44. The lowest BCUT2D eigenvalue weighted by Crippen LogP contribution is -2.29. The van der Waals surface area contributed by atoms with Crippen LogP contribution in [-0.2, 0) is 4.79 Å². The average Bonchev–Trinajstić information content (AvgIpc) is 2.42. The zero-order valence-electron chi connectivity index (χ0n) is 10.9. The van der Waals surface area contributed by atoms with Crippen molar-refractivity contribution in [2.24, 2.45) is 0 Å². The molecule has 1 aromatic rings. The molecular weight excluding hydrogens is 230 g/mol. The lowest BCUT2D eigenvalue weighted by Gasteiger charge is -2.10. The van der Waals surface area contributed by atoms with Gasteiger partial charge in [-0.05, 0) is 18.6 Å². The third-order valence-electron chi connectivity index (χ3n) is 2.44. The van der Waals surface area contributed by atoms with Gasteiger partial charge in [0, 0.05) is 13.0 Å². The Kier molecular flexibility index (Phi) is 5.91. The van der Waals surface area contributed by atoms with Crippen LogP contribution in [0.1, 0.15) is 37.0 Å². The van der Waals surface area contributed by atoms with Crippen molar-refractivity contribution < 1.29 is 14.3 Å². The van der Waals surface area contributed by atoms with Crippen molar-refractivity contribution in [1.29, 1.82) is 0 Å². The monoisotopic (exact) mass is 249 g/mol. The van der Waals surface area contributed by atoms with Crippen LogP contribution in [-0.4, -0.2) is 24.8 Å². The van der Waals surface area contributed by atoms with Gasteiger partial charge in [-0.3, -0.25) is 9.59 Å². The van der Waals surface area contributed by atoms with Gasteiger partial charge in [-0.15, -0.1) is 0 Å². The second-order valence-electron chi connectivity index (χ2n) is 3.91. The predicted molar refractivity (Wildman–Crippen MR) is 69.9 cm³/mol. The van der Waals surface area contributed by atoms with E-state index in [2.05, 4.69) is 5.32 Å². The average molecular weight is 249 g/mol. The van der Waals surface area contributed by atoms with Gasteiger partial charge in [-0.2, -0.15) is 0 Å². The summed E-state index contributed by atoms with van der Waals surface area (Å²) in [6, 6.07) is 6.99. The van der Waals surface area contributed by atoms with Crippen LogP contribution in [0.5, 0.6) is 5.75 Å². The highest BCUT2D eigenvalue weighted by molar-refractivity contribution is 5.98. The molecule has 1 rings (SSSR count). The Morgan fingerprint density at radius 3 is 2.61 bits per heavy atom. The Balaban J connectivity index is 2.61. The molecule has 0 unspecified atom stereocenters. The first-order valence-corrected chi connectivity index (χ1v) is 6.20. The van der Waals surface area contributed by atoms with Crippen LogP contribution < -0.4 is 10.1 Å². The number of nitrogens with one attached hydrogen (secondary N) is 1. The quantitative estimate of drug-likeness (QED) is 0.754. The Hall–Kier alpha value is -1.84. The number of carbonyl (C=O) groups excluding carboxylic acids is 2. The van der Waals surface area contributed by atoms with Crippen LogP contribution in [0, 0.1) is 0 Å². The third kappa shape index (κ3) is 4.20. The van der Waals surface area contributed by atoms with E-state index in [9.17, 15) is 9.59 Å². The van der Waals surface area contributed by atoms with E-state index in [1.54, 1.807) is 31.2 Å². The second kappa shape index (κ2) is 7.48. The maximum atomic E-state index is 11.7. The van der Waals surface area contributed by atoms with Gasteiger partial charge in [-0.1, -0.05) is 26.0 Å². The lowest BCUT2D eigenvalue weighted by atomic mass is 10.1. The number of benzene rings is 1. The van der Waals surface area contributed by atoms with Gasteiger partial charge in [0.1, 0.15) is 5.75 Å². The molecule has 18 heavy (non-hydrogen) atoms. The van der Waals surface area contributed by atoms with E-state index in [1.165, 1.54) is 0 Å². The summed E-state index contributed by atoms with van der Waals surface area (Å²) < 4.78 is 5.39. The summed E-state index contributed by atoms with van der Waals surface area (Å²) in [4.78, 5) is 23.1. The first kappa shape index (κ1) is 14.2. The molecule has 4 heteroatoms. The maximum absolute atomic E-state index is 11.7. The molecule has 98 valence electrons. The molecule has 0 bridgehead atoms. The highest BCUT2D eigenvalue weighted by Crippen LogP contribution is 2.19. The number of rotatable bonds is 7. The van der Waals surface area contributed by atoms with Gasteiger partial charge in [-0.25, -0.2) is 0 Å². The molecule has 1 aromatic carbocycles. The Morgan fingerprint density at radius 2 is 1.94 bits per heavy atom. The van der Waals surface area contributed by atoms with Crippen LogP contribution in [0.4, 0.5) is 0 Å². The zero-order valence-corrected chi connectivity index (χ0v) is 10.9. The van der Waals surface area contributed by atoms with Crippen molar-refractivity contribution in [3.05, 3.63) is 29.8 Å². The van der Waals surface area contributed by atoms with Crippen molar-refractivity contribution in [2.45, 2.75) is 26.7 Å². The minimum absolute atomic E-state index is 0.0135. The van der Waals surface area contributed by atoms with Crippen molar-refractivity contribution >= 4 is 11.7 Å². The SMILES string of the molecule is CCCNC(=O)COc1ccccc1C(=O)CC. The molecule has 1 N–H and O–H groups in total. The van der Waals surface area contributed by atoms with Gasteiger partial charge in [0.05, 0.1) is 5.56 Å². The zero-order chi connectivity index (χ0) is 13.4. The van der Waals surface area contributed by atoms with E-state index in [1.807, 2.05) is 6.92 Å². The molecule has 0 fully saturated rings. The summed E-state index contributed by atoms with van der Waals surface area (Å²) in [6.07, 6.45) is 1.30. The number of carbonyl (C=O) groups is 2. The molecule has 1 amide bonds. The number of para-hydroxylation sites is 1. The molecule has 0 saturated heterocycles. The fourth-order valence-electron chi connectivity index (χ4n) is 1.47. The van der Waals surface area contributed by atoms with Crippen molar-refractivity contribution in [2.75, 3.05) is 13.2 Å². The van der Waals surface area contributed by atoms with Crippen molar-refractivity contribution in [1.82, 2.24) is 5.32 Å². The minimum atomic E-state index is -0.171. The fraction of sp³-hybridized carbons (Fsp3) is 0.429. The summed E-state index contributed by atoms with van der Waals surface area (Å²) in [6.45, 7) is 4.36. The van der Waals surface area contributed by atoms with Gasteiger partial charge in [0.2, 0.25) is 0 Å². The summed E-state index contributed by atoms with van der Waals surface area (Å²) >= 11 is 0. The van der Waals surface area contributed by atoms with Crippen molar-refractivity contribution in [3.63, 3.8) is 0 Å². The van der Waals surface area contributed by atoms with Crippen molar-refractivity contribution in [3.8, 4) is 5.75 Å². The molecule has 0 aliphatic rings. The minimum Gasteiger partial charge on any atom is -0.483 e. The van der Waals surface area contributed by atoms with Gasteiger partial charge in [0.15, 0.2) is 12.4 Å². The van der Waals surface area contributed by atoms with Crippen LogP contribution in [0.3, 0.4) is 0 Å². The molecule has 0 heterocycles. The van der Waals surface area contributed by atoms with Crippen LogP contribution in [0.15, 0.2) is 24.3 Å². The summed E-state index contributed by atoms with van der Waals surface area (Å²) in [7, 11) is 0. The number of hydrogen-bond acceptors (Lipinski definition) is 3. The smallest absolute Gasteiger partial charge is 0.257 e. The summed E-state index contributed by atoms with van der Waals surface area (Å²) in [5.41, 5.74) is 0.531. The van der Waals surface area contributed by atoms with E-state index in [0.29, 0.717) is 24.3 Å². The molecular formula is C14H19NO3. The molecule has 4 nitrogen and oxygen atoms in total. The Morgan fingerprint density at radius 1 is 1.22 bits per heavy atom. The highest BCUT2D eigenvalue weighted by atomic mass is 16.5. The van der Waals surface area contributed by atoms with E-state index < -0.39 is 0 Å². The number of ketones is 1. The molecule has 0 aliphatic carbocycles. The van der Waals surface area contributed by atoms with E-state index >= 15 is 0 Å². The number of hydrogen-bond donors (Lipinski definition) is 1. The van der Waals surface area contributed by atoms with E-state index in [-0.39, 0.29) is 18.3 Å². The Bertz CT molecular complexity index is 415. The predicted octanol–water partition coefficient (Wildman–Crippen LogP) is 2.18. The van der Waals surface area contributed by atoms with Gasteiger partial charge < -0.3 is 10.1 Å². The van der Waals surface area contributed by atoms with Gasteiger partial charge in [0.25, 0.3) is 5.91 Å². The first-order valence-electron chi connectivity index (χ1n) is 6.20. The molecule has 0 spiro atoms. The molecule has 0 aliphatic heterocycles. The molecule has 0 atom stereocenters. The lowest BCUT2D eigenvalue weighted by molar-refractivity contribution is -0.123. The molecule has 0 radical (unpaired) electrons. The molecule has 0 aromatic heterocycles. The normalized spacial score (nSPS) is 9.89. The fourth-order valence-corrected chi connectivity index (χ4v) is 1.47. The highest BCUT2D eigenvalue weighted by Gasteiger charge is 2.11. The summed E-state index contributed by atoms with van der Waals surface area (Å²) in [5, 5.41) is 2.72. The maximum Gasteiger partial charge on any atom is 0.257 e. The van der Waals surface area contributed by atoms with Crippen LogP contribution in [0.2, 0.25) is 0 Å². The summed E-state index contributed by atoms with van der Waals surface area (Å²) in [5.74, 6) is 0.311.